The van der Waals surface area contributed by atoms with Crippen molar-refractivity contribution in [1.82, 2.24) is 25.3 Å². The van der Waals surface area contributed by atoms with Crippen LogP contribution in [-0.2, 0) is 4.74 Å². The summed E-state index contributed by atoms with van der Waals surface area (Å²) in [5.41, 5.74) is 1.66. The highest BCUT2D eigenvalue weighted by molar-refractivity contribution is 5.82. The van der Waals surface area contributed by atoms with Crippen LogP contribution in [-0.4, -0.2) is 59.3 Å². The molecule has 1 aliphatic rings. The van der Waals surface area contributed by atoms with Crippen LogP contribution in [0.4, 0.5) is 5.82 Å². The summed E-state index contributed by atoms with van der Waals surface area (Å²) in [7, 11) is 1.73. The highest BCUT2D eigenvalue weighted by Crippen LogP contribution is 2.26. The zero-order valence-electron chi connectivity index (χ0n) is 12.4. The van der Waals surface area contributed by atoms with Gasteiger partial charge in [-0.15, -0.1) is 0 Å². The normalized spacial score (nSPS) is 19.3. The number of fused-ring (bicyclic) bond motifs is 1. The highest BCUT2D eigenvalue weighted by atomic mass is 16.5. The number of H-pyrrole nitrogens is 1. The Hall–Kier alpha value is -1.73. The summed E-state index contributed by atoms with van der Waals surface area (Å²) in [6.07, 6.45) is 6.93. The zero-order chi connectivity index (χ0) is 14.5. The molecule has 0 bridgehead atoms. The quantitative estimate of drug-likeness (QED) is 0.771. The van der Waals surface area contributed by atoms with Gasteiger partial charge in [-0.25, -0.2) is 15.0 Å². The van der Waals surface area contributed by atoms with Crippen molar-refractivity contribution in [1.29, 1.82) is 0 Å². The lowest BCUT2D eigenvalue weighted by atomic mass is 10.0. The molecule has 0 aromatic carbocycles. The van der Waals surface area contributed by atoms with Crippen LogP contribution in [0.1, 0.15) is 19.3 Å². The third-order valence-corrected chi connectivity index (χ3v) is 3.97. The number of anilines is 1. The van der Waals surface area contributed by atoms with Crippen LogP contribution in [0.25, 0.3) is 11.2 Å². The van der Waals surface area contributed by atoms with Crippen molar-refractivity contribution in [3.05, 3.63) is 12.7 Å². The van der Waals surface area contributed by atoms with E-state index in [9.17, 15) is 0 Å². The first kappa shape index (κ1) is 14.2. The Kier molecular flexibility index (Phi) is 4.62. The molecule has 1 unspecified atom stereocenters. The van der Waals surface area contributed by atoms with E-state index in [0.717, 1.165) is 43.2 Å². The maximum atomic E-state index is 5.08. The molecule has 3 heterocycles. The van der Waals surface area contributed by atoms with Gasteiger partial charge in [-0.1, -0.05) is 0 Å². The molecule has 21 heavy (non-hydrogen) atoms. The Labute approximate surface area is 124 Å². The molecule has 2 aromatic rings. The number of aromatic nitrogens is 4. The van der Waals surface area contributed by atoms with Crippen molar-refractivity contribution in [2.75, 3.05) is 38.3 Å². The number of ether oxygens (including phenoxy) is 1. The Bertz CT molecular complexity index is 571. The van der Waals surface area contributed by atoms with E-state index in [2.05, 4.69) is 30.2 Å². The molecule has 0 spiro atoms. The number of aromatic amines is 1. The number of hydrogen-bond donors (Lipinski definition) is 2. The maximum absolute atomic E-state index is 5.08. The molecule has 1 saturated heterocycles. The van der Waals surface area contributed by atoms with Crippen LogP contribution in [0.5, 0.6) is 0 Å². The molecule has 7 heteroatoms. The molecule has 1 fully saturated rings. The Morgan fingerprint density at radius 3 is 3.24 bits per heavy atom. The number of rotatable bonds is 6. The number of methoxy groups -OCH3 is 1. The van der Waals surface area contributed by atoms with E-state index in [-0.39, 0.29) is 0 Å². The van der Waals surface area contributed by atoms with E-state index in [0.29, 0.717) is 6.04 Å². The fraction of sp³-hybridized carbons (Fsp3) is 0.643. The SMILES string of the molecule is COCCNCC1CCCCN1c1ncnc2nc[nH]c12. The first-order valence-electron chi connectivity index (χ1n) is 7.50. The van der Waals surface area contributed by atoms with Gasteiger partial charge in [0.25, 0.3) is 0 Å². The molecule has 0 amide bonds. The van der Waals surface area contributed by atoms with Gasteiger partial charge in [0.1, 0.15) is 11.8 Å². The number of imidazole rings is 1. The molecule has 7 nitrogen and oxygen atoms in total. The van der Waals surface area contributed by atoms with Crippen LogP contribution in [0, 0.1) is 0 Å². The predicted octanol–water partition coefficient (Wildman–Crippen LogP) is 0.948. The fourth-order valence-electron chi connectivity index (χ4n) is 2.90. The maximum Gasteiger partial charge on any atom is 0.182 e. The summed E-state index contributed by atoms with van der Waals surface area (Å²) < 4.78 is 5.08. The summed E-state index contributed by atoms with van der Waals surface area (Å²) in [5.74, 6) is 0.968. The van der Waals surface area contributed by atoms with Gasteiger partial charge in [0.15, 0.2) is 11.5 Å². The Morgan fingerprint density at radius 2 is 2.33 bits per heavy atom. The van der Waals surface area contributed by atoms with E-state index in [1.807, 2.05) is 0 Å². The molecular formula is C14H22N6O. The predicted molar refractivity (Wildman–Crippen MR) is 81.4 cm³/mol. The number of nitrogens with zero attached hydrogens (tertiary/aromatic N) is 4. The van der Waals surface area contributed by atoms with Crippen LogP contribution in [0.15, 0.2) is 12.7 Å². The minimum Gasteiger partial charge on any atom is -0.383 e. The van der Waals surface area contributed by atoms with Crippen LogP contribution in [0.2, 0.25) is 0 Å². The molecular weight excluding hydrogens is 268 g/mol. The summed E-state index contributed by atoms with van der Waals surface area (Å²) in [6, 6.07) is 0.456. The van der Waals surface area contributed by atoms with Crippen molar-refractivity contribution in [3.8, 4) is 0 Å². The van der Waals surface area contributed by atoms with E-state index >= 15 is 0 Å². The summed E-state index contributed by atoms with van der Waals surface area (Å²) in [4.78, 5) is 18.4. The van der Waals surface area contributed by atoms with E-state index < -0.39 is 0 Å². The third-order valence-electron chi connectivity index (χ3n) is 3.97. The van der Waals surface area contributed by atoms with Crippen LogP contribution < -0.4 is 10.2 Å². The second-order valence-corrected chi connectivity index (χ2v) is 5.34. The van der Waals surface area contributed by atoms with Gasteiger partial charge in [-0.2, -0.15) is 0 Å². The lowest BCUT2D eigenvalue weighted by molar-refractivity contribution is 0.198. The molecule has 114 valence electrons. The van der Waals surface area contributed by atoms with Gasteiger partial charge in [-0.3, -0.25) is 0 Å². The molecule has 1 atom stereocenters. The van der Waals surface area contributed by atoms with Crippen molar-refractivity contribution in [2.45, 2.75) is 25.3 Å². The molecule has 3 rings (SSSR count). The van der Waals surface area contributed by atoms with E-state index in [4.69, 9.17) is 4.74 Å². The van der Waals surface area contributed by atoms with Crippen LogP contribution in [0.3, 0.4) is 0 Å². The highest BCUT2D eigenvalue weighted by Gasteiger charge is 2.25. The van der Waals surface area contributed by atoms with Crippen molar-refractivity contribution < 1.29 is 4.74 Å². The smallest absolute Gasteiger partial charge is 0.182 e. The monoisotopic (exact) mass is 290 g/mol. The zero-order valence-corrected chi connectivity index (χ0v) is 12.4. The topological polar surface area (TPSA) is 79.0 Å². The number of nitrogens with one attached hydrogen (secondary N) is 2. The third kappa shape index (κ3) is 3.14. The summed E-state index contributed by atoms with van der Waals surface area (Å²) >= 11 is 0. The van der Waals surface area contributed by atoms with Gasteiger partial charge in [0, 0.05) is 32.8 Å². The molecule has 2 aromatic heterocycles. The molecule has 0 aliphatic carbocycles. The number of piperidine rings is 1. The van der Waals surface area contributed by atoms with E-state index in [1.54, 1.807) is 19.8 Å². The van der Waals surface area contributed by atoms with E-state index in [1.165, 1.54) is 19.3 Å². The lowest BCUT2D eigenvalue weighted by Crippen LogP contribution is -2.46. The molecule has 0 saturated carbocycles. The van der Waals surface area contributed by atoms with Crippen molar-refractivity contribution >= 4 is 17.0 Å². The first-order valence-corrected chi connectivity index (χ1v) is 7.50. The van der Waals surface area contributed by atoms with Crippen LogP contribution >= 0.6 is 0 Å². The second-order valence-electron chi connectivity index (χ2n) is 5.34. The molecule has 1 aliphatic heterocycles. The summed E-state index contributed by atoms with van der Waals surface area (Å²) in [5, 5.41) is 3.46. The van der Waals surface area contributed by atoms with Gasteiger partial charge in [0.2, 0.25) is 0 Å². The Balaban J connectivity index is 1.75. The van der Waals surface area contributed by atoms with Crippen molar-refractivity contribution in [3.63, 3.8) is 0 Å². The average molecular weight is 290 g/mol. The minimum absolute atomic E-state index is 0.456. The molecule has 2 N–H and O–H groups in total. The second kappa shape index (κ2) is 6.82. The van der Waals surface area contributed by atoms with Gasteiger partial charge in [-0.05, 0) is 19.3 Å². The molecule has 0 radical (unpaired) electrons. The fourth-order valence-corrected chi connectivity index (χ4v) is 2.90. The average Bonchev–Trinajstić information content (AvgIpc) is 3.00. The number of hydrogen-bond acceptors (Lipinski definition) is 6. The van der Waals surface area contributed by atoms with Gasteiger partial charge >= 0.3 is 0 Å². The minimum atomic E-state index is 0.456. The van der Waals surface area contributed by atoms with Gasteiger partial charge in [0.05, 0.1) is 12.9 Å². The first-order chi connectivity index (χ1) is 10.4. The van der Waals surface area contributed by atoms with Crippen molar-refractivity contribution in [2.24, 2.45) is 0 Å². The largest absolute Gasteiger partial charge is 0.383 e. The summed E-state index contributed by atoms with van der Waals surface area (Å²) in [6.45, 7) is 3.60. The lowest BCUT2D eigenvalue weighted by Gasteiger charge is -2.36. The van der Waals surface area contributed by atoms with Gasteiger partial charge < -0.3 is 19.9 Å². The Morgan fingerprint density at radius 1 is 1.38 bits per heavy atom. The standard InChI is InChI=1S/C14H22N6O/c1-21-7-5-15-8-11-4-2-3-6-20(11)14-12-13(17-9-16-12)18-10-19-14/h9-11,15H,2-8H2,1H3,(H,16,17,18,19).